The molecule has 8 nitrogen and oxygen atoms in total. The third-order valence-electron chi connectivity index (χ3n) is 12.7. The van der Waals surface area contributed by atoms with E-state index in [4.69, 9.17) is 18.5 Å². The van der Waals surface area contributed by atoms with Gasteiger partial charge in [0.1, 0.15) is 19.3 Å². The largest absolute Gasteiger partial charge is 0.756 e. The average molecular weight is 916 g/mol. The van der Waals surface area contributed by atoms with Gasteiger partial charge in [-0.3, -0.25) is 9.36 Å². The maximum absolute atomic E-state index is 12.8. The van der Waals surface area contributed by atoms with Crippen LogP contribution in [0.15, 0.2) is 0 Å². The zero-order valence-corrected chi connectivity index (χ0v) is 44.0. The number of phosphoric ester groups is 1. The second-order valence-corrected chi connectivity index (χ2v) is 21.7. The maximum atomic E-state index is 12.8. The molecular weight excluding hydrogens is 806 g/mol. The van der Waals surface area contributed by atoms with Gasteiger partial charge in [-0.1, -0.05) is 264 Å². The first kappa shape index (κ1) is 62.5. The van der Waals surface area contributed by atoms with Crippen LogP contribution in [0.25, 0.3) is 0 Å². The lowest BCUT2D eigenvalue weighted by Gasteiger charge is -2.28. The van der Waals surface area contributed by atoms with Crippen LogP contribution < -0.4 is 4.89 Å². The fraction of sp³-hybridized carbons (Fsp3) is 0.981. The molecule has 63 heavy (non-hydrogen) atoms. The van der Waals surface area contributed by atoms with Gasteiger partial charge in [0.25, 0.3) is 7.82 Å². The average Bonchev–Trinajstić information content (AvgIpc) is 3.24. The standard InChI is InChI=1S/C54H110NO7P/c1-6-8-10-12-14-16-18-20-22-24-25-26-27-28-29-30-31-32-33-35-37-39-41-43-45-47-54(56)62-53(52-61-63(57,58)60-50-48-55(3,4)5)51-59-49-46-44-42-40-38-36-34-23-21-19-17-15-13-11-9-7-2/h53H,6-52H2,1-5H3. The summed E-state index contributed by atoms with van der Waals surface area (Å²) in [4.78, 5) is 25.2. The number of rotatable bonds is 53. The molecule has 0 saturated carbocycles. The van der Waals surface area contributed by atoms with Gasteiger partial charge in [0.2, 0.25) is 0 Å². The molecular formula is C54H110NO7P. The molecule has 0 spiro atoms. The fourth-order valence-corrected chi connectivity index (χ4v) is 9.10. The molecule has 0 aromatic carbocycles. The molecule has 0 bridgehead atoms. The van der Waals surface area contributed by atoms with Gasteiger partial charge in [0.05, 0.1) is 34.4 Å². The predicted molar refractivity (Wildman–Crippen MR) is 268 cm³/mol. The summed E-state index contributed by atoms with van der Waals surface area (Å²) in [6.07, 6.45) is 54.2. The maximum Gasteiger partial charge on any atom is 0.306 e. The van der Waals surface area contributed by atoms with Gasteiger partial charge in [0, 0.05) is 13.0 Å². The molecule has 2 atom stereocenters. The minimum atomic E-state index is -4.52. The van der Waals surface area contributed by atoms with E-state index in [9.17, 15) is 14.3 Å². The van der Waals surface area contributed by atoms with Gasteiger partial charge < -0.3 is 27.9 Å². The zero-order valence-electron chi connectivity index (χ0n) is 43.1. The van der Waals surface area contributed by atoms with Crippen molar-refractivity contribution in [3.63, 3.8) is 0 Å². The smallest absolute Gasteiger partial charge is 0.306 e. The molecule has 0 aromatic heterocycles. The Morgan fingerprint density at radius 3 is 1.05 bits per heavy atom. The Hall–Kier alpha value is -0.500. The van der Waals surface area contributed by atoms with Gasteiger partial charge in [-0.2, -0.15) is 0 Å². The number of quaternary nitrogens is 1. The van der Waals surface area contributed by atoms with Crippen LogP contribution in [0.3, 0.4) is 0 Å². The molecule has 378 valence electrons. The van der Waals surface area contributed by atoms with Crippen molar-refractivity contribution in [2.45, 2.75) is 290 Å². The molecule has 0 aromatic rings. The first-order valence-corrected chi connectivity index (χ1v) is 29.2. The molecule has 0 aliphatic heterocycles. The molecule has 2 unspecified atom stereocenters. The Morgan fingerprint density at radius 2 is 0.730 bits per heavy atom. The van der Waals surface area contributed by atoms with Gasteiger partial charge in [-0.25, -0.2) is 0 Å². The van der Waals surface area contributed by atoms with E-state index >= 15 is 0 Å². The van der Waals surface area contributed by atoms with Crippen LogP contribution in [0.1, 0.15) is 284 Å². The Morgan fingerprint density at radius 1 is 0.429 bits per heavy atom. The van der Waals surface area contributed by atoms with Gasteiger partial charge in [0.15, 0.2) is 0 Å². The zero-order chi connectivity index (χ0) is 46.2. The molecule has 0 fully saturated rings. The van der Waals surface area contributed by atoms with Crippen molar-refractivity contribution < 1.29 is 37.3 Å². The van der Waals surface area contributed by atoms with E-state index in [-0.39, 0.29) is 25.8 Å². The second kappa shape index (κ2) is 48.0. The van der Waals surface area contributed by atoms with E-state index in [0.29, 0.717) is 24.1 Å². The van der Waals surface area contributed by atoms with E-state index in [1.807, 2.05) is 21.1 Å². The highest BCUT2D eigenvalue weighted by atomic mass is 31.2. The van der Waals surface area contributed by atoms with Crippen molar-refractivity contribution in [1.82, 2.24) is 0 Å². The number of ether oxygens (including phenoxy) is 2. The van der Waals surface area contributed by atoms with Gasteiger partial charge >= 0.3 is 5.97 Å². The van der Waals surface area contributed by atoms with Crippen LogP contribution >= 0.6 is 7.82 Å². The second-order valence-electron chi connectivity index (χ2n) is 20.3. The Kier molecular flexibility index (Phi) is 47.6. The predicted octanol–water partition coefficient (Wildman–Crippen LogP) is 16.5. The number of carbonyl (C=O) groups excluding carboxylic acids is 1. The lowest BCUT2D eigenvalue weighted by Crippen LogP contribution is -2.37. The molecule has 0 radical (unpaired) electrons. The molecule has 0 saturated heterocycles. The van der Waals surface area contributed by atoms with Gasteiger partial charge in [-0.05, 0) is 12.8 Å². The Balaban J connectivity index is 4.00. The monoisotopic (exact) mass is 916 g/mol. The fourth-order valence-electron chi connectivity index (χ4n) is 8.37. The number of likely N-dealkylation sites (N-methyl/N-ethyl adjacent to an activating group) is 1. The van der Waals surface area contributed by atoms with E-state index in [2.05, 4.69) is 13.8 Å². The number of carbonyl (C=O) groups is 1. The first-order chi connectivity index (χ1) is 30.6. The van der Waals surface area contributed by atoms with Crippen molar-refractivity contribution in [2.75, 3.05) is 54.1 Å². The number of nitrogens with zero attached hydrogens (tertiary/aromatic N) is 1. The van der Waals surface area contributed by atoms with Crippen molar-refractivity contribution in [3.8, 4) is 0 Å². The highest BCUT2D eigenvalue weighted by molar-refractivity contribution is 7.45. The van der Waals surface area contributed by atoms with Crippen molar-refractivity contribution in [1.29, 1.82) is 0 Å². The number of hydrogen-bond acceptors (Lipinski definition) is 7. The van der Waals surface area contributed by atoms with Crippen LogP contribution in [0.5, 0.6) is 0 Å². The van der Waals surface area contributed by atoms with Gasteiger partial charge in [-0.15, -0.1) is 0 Å². The van der Waals surface area contributed by atoms with E-state index in [1.54, 1.807) is 0 Å². The summed E-state index contributed by atoms with van der Waals surface area (Å²) in [6, 6.07) is 0. The molecule has 0 N–H and O–H groups in total. The topological polar surface area (TPSA) is 94.1 Å². The molecule has 0 heterocycles. The Bertz CT molecular complexity index is 976. The molecule has 0 aliphatic carbocycles. The first-order valence-electron chi connectivity index (χ1n) is 27.8. The summed E-state index contributed by atoms with van der Waals surface area (Å²) in [7, 11) is 1.38. The van der Waals surface area contributed by atoms with Crippen LogP contribution in [0.2, 0.25) is 0 Å². The SMILES string of the molecule is CCCCCCCCCCCCCCCCCCCCCCCCCCCC(=O)OC(COCCCCCCCCCCCCCCCCCC)COP(=O)([O-])OCC[N+](C)(C)C. The lowest BCUT2D eigenvalue weighted by atomic mass is 10.0. The molecule has 0 rings (SSSR count). The summed E-state index contributed by atoms with van der Waals surface area (Å²) >= 11 is 0. The Labute approximate surface area is 393 Å². The summed E-state index contributed by atoms with van der Waals surface area (Å²) in [6.45, 7) is 5.50. The molecule has 0 aliphatic rings. The van der Waals surface area contributed by atoms with E-state index in [1.165, 1.54) is 231 Å². The van der Waals surface area contributed by atoms with E-state index < -0.39 is 13.9 Å². The minimum Gasteiger partial charge on any atom is -0.756 e. The van der Waals surface area contributed by atoms with Crippen LogP contribution in [-0.4, -0.2) is 70.7 Å². The van der Waals surface area contributed by atoms with Crippen molar-refractivity contribution in [2.24, 2.45) is 0 Å². The molecule has 0 amide bonds. The third-order valence-corrected chi connectivity index (χ3v) is 13.6. The number of hydrogen-bond donors (Lipinski definition) is 0. The van der Waals surface area contributed by atoms with Crippen molar-refractivity contribution in [3.05, 3.63) is 0 Å². The summed E-state index contributed by atoms with van der Waals surface area (Å²) in [5.41, 5.74) is 0. The third kappa shape index (κ3) is 52.3. The van der Waals surface area contributed by atoms with Crippen LogP contribution in [0.4, 0.5) is 0 Å². The van der Waals surface area contributed by atoms with Crippen molar-refractivity contribution >= 4 is 13.8 Å². The number of esters is 1. The number of phosphoric acid groups is 1. The van der Waals surface area contributed by atoms with Crippen LogP contribution in [-0.2, 0) is 27.9 Å². The summed E-state index contributed by atoms with van der Waals surface area (Å²) < 4.78 is 34.8. The highest BCUT2D eigenvalue weighted by Crippen LogP contribution is 2.38. The van der Waals surface area contributed by atoms with Crippen LogP contribution in [0, 0.1) is 0 Å². The summed E-state index contributed by atoms with van der Waals surface area (Å²) in [5.74, 6) is -0.324. The lowest BCUT2D eigenvalue weighted by molar-refractivity contribution is -0.870. The van der Waals surface area contributed by atoms with E-state index in [0.717, 1.165) is 32.1 Å². The highest BCUT2D eigenvalue weighted by Gasteiger charge is 2.20. The number of unbranched alkanes of at least 4 members (excludes halogenated alkanes) is 39. The quantitative estimate of drug-likeness (QED) is 0.0260. The normalized spacial score (nSPS) is 13.4. The summed E-state index contributed by atoms with van der Waals surface area (Å²) in [5, 5.41) is 0. The minimum absolute atomic E-state index is 0.0318. The molecule has 9 heteroatoms.